The molecule has 0 aliphatic heterocycles. The van der Waals surface area contributed by atoms with Gasteiger partial charge in [-0.05, 0) is 12.1 Å². The van der Waals surface area contributed by atoms with E-state index in [9.17, 15) is 8.42 Å². The minimum Gasteiger partial charge on any atom is -0.506 e. The molecule has 5 heteroatoms. The Labute approximate surface area is 102 Å². The van der Waals surface area contributed by atoms with Crippen molar-refractivity contribution in [2.75, 3.05) is 4.72 Å². The zero-order valence-corrected chi connectivity index (χ0v) is 9.88. The topological polar surface area (TPSA) is 66.4 Å². The van der Waals surface area contributed by atoms with E-state index in [4.69, 9.17) is 5.11 Å². The maximum absolute atomic E-state index is 10.1. The zero-order valence-electron chi connectivity index (χ0n) is 8.98. The average Bonchev–Trinajstić information content (AvgIpc) is 2.35. The number of nitrogens with one attached hydrogen (secondary N) is 1. The molecule has 17 heavy (non-hydrogen) atoms. The third kappa shape index (κ3) is 5.58. The summed E-state index contributed by atoms with van der Waals surface area (Å²) in [7, 11) is -2.70. The molecule has 0 heterocycles. The molecule has 0 radical (unpaired) electrons. The summed E-state index contributed by atoms with van der Waals surface area (Å²) in [5.74, 6) is -0.0771. The fourth-order valence-electron chi connectivity index (χ4n) is 1.05. The molecule has 90 valence electrons. The van der Waals surface area contributed by atoms with E-state index in [1.54, 1.807) is 12.1 Å². The Morgan fingerprint density at radius 1 is 0.824 bits per heavy atom. The lowest BCUT2D eigenvalue weighted by atomic mass is 10.3. The summed E-state index contributed by atoms with van der Waals surface area (Å²) in [6, 6.07) is 18.1. The van der Waals surface area contributed by atoms with E-state index in [0.717, 1.165) is 0 Å². The number of thiol groups is 1. The zero-order chi connectivity index (χ0) is 12.5. The third-order valence-electron chi connectivity index (χ3n) is 1.78. The normalized spacial score (nSPS) is 9.24. The highest BCUT2D eigenvalue weighted by molar-refractivity contribution is 7.73. The van der Waals surface area contributed by atoms with Crippen molar-refractivity contribution >= 4 is 16.6 Å². The summed E-state index contributed by atoms with van der Waals surface area (Å²) in [5, 5.41) is 9.03. The quantitative estimate of drug-likeness (QED) is 0.565. The molecule has 0 fully saturated rings. The number of phenols is 1. The molecule has 0 amide bonds. The Hall–Kier alpha value is -2.01. The largest absolute Gasteiger partial charge is 0.506 e. The lowest BCUT2D eigenvalue weighted by Crippen LogP contribution is -1.94. The maximum Gasteiger partial charge on any atom is 0.222 e. The molecule has 2 rings (SSSR count). The van der Waals surface area contributed by atoms with E-state index in [1.807, 2.05) is 36.4 Å². The van der Waals surface area contributed by atoms with Crippen LogP contribution in [-0.4, -0.2) is 13.5 Å². The Kier molecular flexibility index (Phi) is 5.60. The highest BCUT2D eigenvalue weighted by Crippen LogP contribution is 2.20. The van der Waals surface area contributed by atoms with E-state index in [2.05, 4.69) is 4.72 Å². The molecule has 0 unspecified atom stereocenters. The molecule has 0 aliphatic carbocycles. The van der Waals surface area contributed by atoms with Crippen LogP contribution in [0.25, 0.3) is 0 Å². The van der Waals surface area contributed by atoms with Gasteiger partial charge in [0.2, 0.25) is 10.9 Å². The molecule has 0 aliphatic rings. The number of anilines is 1. The molecule has 0 aromatic heterocycles. The van der Waals surface area contributed by atoms with Crippen LogP contribution in [0.3, 0.4) is 0 Å². The van der Waals surface area contributed by atoms with Gasteiger partial charge < -0.3 is 5.11 Å². The lowest BCUT2D eigenvalue weighted by molar-refractivity contribution is 0.478. The van der Waals surface area contributed by atoms with Crippen molar-refractivity contribution in [2.24, 2.45) is 0 Å². The van der Waals surface area contributed by atoms with Crippen molar-refractivity contribution in [3.8, 4) is 5.75 Å². The standard InChI is InChI=1S/C6H7NO3S.C6H6/c8-6-4-2-1-3-5(6)7-11(9)10;1-2-4-6-5-3-1/h1-4,8,11H,(H,7,9,10);1-6H. The number of hydrogen-bond acceptors (Lipinski definition) is 3. The summed E-state index contributed by atoms with van der Waals surface area (Å²) in [6.07, 6.45) is 0. The summed E-state index contributed by atoms with van der Waals surface area (Å²) < 4.78 is 22.3. The van der Waals surface area contributed by atoms with Gasteiger partial charge in [-0.25, -0.2) is 8.42 Å². The van der Waals surface area contributed by atoms with E-state index in [-0.39, 0.29) is 11.4 Å². The van der Waals surface area contributed by atoms with Crippen molar-refractivity contribution in [1.82, 2.24) is 0 Å². The SMILES string of the molecule is O=[SH](=O)Nc1ccccc1O.c1ccccc1. The van der Waals surface area contributed by atoms with Gasteiger partial charge in [0.25, 0.3) is 0 Å². The van der Waals surface area contributed by atoms with Crippen molar-refractivity contribution in [1.29, 1.82) is 0 Å². The van der Waals surface area contributed by atoms with E-state index in [0.29, 0.717) is 0 Å². The molecule has 4 nitrogen and oxygen atoms in total. The Bertz CT molecular complexity index is 477. The van der Waals surface area contributed by atoms with Gasteiger partial charge in [0, 0.05) is 0 Å². The first-order valence-corrected chi connectivity index (χ1v) is 6.07. The van der Waals surface area contributed by atoms with Gasteiger partial charge in [-0.2, -0.15) is 0 Å². The van der Waals surface area contributed by atoms with Gasteiger partial charge in [0.05, 0.1) is 5.69 Å². The molecular formula is C12H13NO3S. The minimum absolute atomic E-state index is 0.0771. The molecule has 0 saturated heterocycles. The summed E-state index contributed by atoms with van der Waals surface area (Å²) >= 11 is 0. The van der Waals surface area contributed by atoms with Crippen LogP contribution >= 0.6 is 0 Å². The monoisotopic (exact) mass is 251 g/mol. The number of phenolic OH excluding ortho intramolecular Hbond substituents is 1. The number of para-hydroxylation sites is 2. The van der Waals surface area contributed by atoms with Gasteiger partial charge >= 0.3 is 0 Å². The van der Waals surface area contributed by atoms with Gasteiger partial charge in [-0.15, -0.1) is 0 Å². The summed E-state index contributed by atoms with van der Waals surface area (Å²) in [4.78, 5) is 0. The van der Waals surface area contributed by atoms with Crippen LogP contribution in [-0.2, 0) is 10.9 Å². The maximum atomic E-state index is 10.1. The van der Waals surface area contributed by atoms with Crippen LogP contribution in [0.5, 0.6) is 5.75 Å². The molecule has 2 aromatic carbocycles. The molecule has 2 N–H and O–H groups in total. The molecular weight excluding hydrogens is 238 g/mol. The van der Waals surface area contributed by atoms with E-state index >= 15 is 0 Å². The highest BCUT2D eigenvalue weighted by Gasteiger charge is 1.96. The Morgan fingerprint density at radius 3 is 1.71 bits per heavy atom. The van der Waals surface area contributed by atoms with Crippen LogP contribution in [0, 0.1) is 0 Å². The van der Waals surface area contributed by atoms with Crippen molar-refractivity contribution in [3.63, 3.8) is 0 Å². The van der Waals surface area contributed by atoms with Crippen LogP contribution < -0.4 is 4.72 Å². The van der Waals surface area contributed by atoms with Crippen LogP contribution in [0.1, 0.15) is 0 Å². The second-order valence-electron chi connectivity index (χ2n) is 3.04. The predicted molar refractivity (Wildman–Crippen MR) is 68.5 cm³/mol. The summed E-state index contributed by atoms with van der Waals surface area (Å²) in [5.41, 5.74) is 0.198. The van der Waals surface area contributed by atoms with Crippen LogP contribution in [0.2, 0.25) is 0 Å². The lowest BCUT2D eigenvalue weighted by Gasteiger charge is -1.99. The number of hydrogen-bond donors (Lipinski definition) is 3. The Balaban J connectivity index is 0.000000202. The first-order valence-electron chi connectivity index (χ1n) is 4.89. The van der Waals surface area contributed by atoms with Crippen molar-refractivity contribution in [2.45, 2.75) is 0 Å². The fourth-order valence-corrected chi connectivity index (χ4v) is 1.44. The van der Waals surface area contributed by atoms with E-state index in [1.165, 1.54) is 12.1 Å². The first kappa shape index (κ1) is 13.1. The second-order valence-corrected chi connectivity index (χ2v) is 3.78. The van der Waals surface area contributed by atoms with Crippen molar-refractivity contribution in [3.05, 3.63) is 60.7 Å². The molecule has 0 spiro atoms. The third-order valence-corrected chi connectivity index (χ3v) is 2.21. The predicted octanol–water partition coefficient (Wildman–Crippen LogP) is 2.02. The van der Waals surface area contributed by atoms with Crippen LogP contribution in [0.15, 0.2) is 60.7 Å². The molecule has 0 atom stereocenters. The van der Waals surface area contributed by atoms with Gasteiger partial charge in [0.1, 0.15) is 5.75 Å². The van der Waals surface area contributed by atoms with Gasteiger partial charge in [-0.3, -0.25) is 4.72 Å². The van der Waals surface area contributed by atoms with Gasteiger partial charge in [-0.1, -0.05) is 48.5 Å². The van der Waals surface area contributed by atoms with Crippen LogP contribution in [0.4, 0.5) is 5.69 Å². The van der Waals surface area contributed by atoms with E-state index < -0.39 is 10.9 Å². The smallest absolute Gasteiger partial charge is 0.222 e. The number of rotatable bonds is 2. The summed E-state index contributed by atoms with van der Waals surface area (Å²) in [6.45, 7) is 0. The average molecular weight is 251 g/mol. The number of aromatic hydroxyl groups is 1. The minimum atomic E-state index is -2.70. The molecule has 0 bridgehead atoms. The van der Waals surface area contributed by atoms with Crippen molar-refractivity contribution < 1.29 is 13.5 Å². The highest BCUT2D eigenvalue weighted by atomic mass is 32.2. The molecule has 2 aromatic rings. The Morgan fingerprint density at radius 2 is 1.29 bits per heavy atom. The second kappa shape index (κ2) is 7.29. The fraction of sp³-hybridized carbons (Fsp3) is 0. The first-order chi connectivity index (χ1) is 8.20. The number of benzene rings is 2. The molecule has 0 saturated carbocycles. The van der Waals surface area contributed by atoms with Gasteiger partial charge in [0.15, 0.2) is 0 Å².